The molecule has 1 N–H and O–H groups in total. The molecule has 0 aliphatic carbocycles. The molecule has 2 aromatic heterocycles. The second kappa shape index (κ2) is 5.60. The number of methoxy groups -OCH3 is 1. The Labute approximate surface area is 112 Å². The lowest BCUT2D eigenvalue weighted by Crippen LogP contribution is -2.06. The standard InChI is InChI=1S/C13H17N5O/c1-5-9-17-10(8(2)12(14-3)18-9)11-13(19-4)16-7-6-15-11/h6-7H,5H2,1-4H3,(H,14,17,18). The van der Waals surface area contributed by atoms with Gasteiger partial charge in [-0.25, -0.2) is 19.9 Å². The Kier molecular flexibility index (Phi) is 3.89. The molecule has 0 spiro atoms. The van der Waals surface area contributed by atoms with E-state index in [-0.39, 0.29) is 0 Å². The molecule has 2 rings (SSSR count). The number of ether oxygens (including phenoxy) is 1. The van der Waals surface area contributed by atoms with Crippen molar-refractivity contribution in [2.45, 2.75) is 20.3 Å². The fraction of sp³-hybridized carbons (Fsp3) is 0.385. The van der Waals surface area contributed by atoms with Gasteiger partial charge in [0.2, 0.25) is 5.88 Å². The molecule has 0 aliphatic heterocycles. The van der Waals surface area contributed by atoms with Crippen LogP contribution in [0, 0.1) is 6.92 Å². The molecule has 0 radical (unpaired) electrons. The van der Waals surface area contributed by atoms with Gasteiger partial charge in [-0.2, -0.15) is 0 Å². The van der Waals surface area contributed by atoms with E-state index >= 15 is 0 Å². The number of nitrogens with one attached hydrogen (secondary N) is 1. The van der Waals surface area contributed by atoms with E-state index in [4.69, 9.17) is 4.74 Å². The summed E-state index contributed by atoms with van der Waals surface area (Å²) in [6.07, 6.45) is 3.98. The lowest BCUT2D eigenvalue weighted by molar-refractivity contribution is 0.397. The molecule has 0 aromatic carbocycles. The first-order valence-electron chi connectivity index (χ1n) is 6.11. The topological polar surface area (TPSA) is 72.8 Å². The molecular formula is C13H17N5O. The Morgan fingerprint density at radius 1 is 1.16 bits per heavy atom. The molecule has 100 valence electrons. The fourth-order valence-electron chi connectivity index (χ4n) is 1.83. The molecule has 0 amide bonds. The Balaban J connectivity index is 2.67. The summed E-state index contributed by atoms with van der Waals surface area (Å²) in [5.74, 6) is 2.03. The smallest absolute Gasteiger partial charge is 0.241 e. The lowest BCUT2D eigenvalue weighted by atomic mass is 10.1. The maximum Gasteiger partial charge on any atom is 0.241 e. The minimum Gasteiger partial charge on any atom is -0.479 e. The summed E-state index contributed by atoms with van der Waals surface area (Å²) < 4.78 is 5.25. The van der Waals surface area contributed by atoms with E-state index in [0.29, 0.717) is 11.6 Å². The van der Waals surface area contributed by atoms with Gasteiger partial charge in [0.05, 0.1) is 7.11 Å². The highest BCUT2D eigenvalue weighted by molar-refractivity contribution is 5.68. The van der Waals surface area contributed by atoms with Gasteiger partial charge in [-0.15, -0.1) is 0 Å². The predicted molar refractivity (Wildman–Crippen MR) is 73.3 cm³/mol. The zero-order chi connectivity index (χ0) is 13.8. The Hall–Kier alpha value is -2.24. The van der Waals surface area contributed by atoms with Crippen molar-refractivity contribution in [3.05, 3.63) is 23.8 Å². The summed E-state index contributed by atoms with van der Waals surface area (Å²) in [7, 11) is 3.41. The summed E-state index contributed by atoms with van der Waals surface area (Å²) in [6, 6.07) is 0. The molecule has 6 nitrogen and oxygen atoms in total. The van der Waals surface area contributed by atoms with Gasteiger partial charge < -0.3 is 10.1 Å². The third-order valence-corrected chi connectivity index (χ3v) is 2.83. The average molecular weight is 259 g/mol. The van der Waals surface area contributed by atoms with Crippen molar-refractivity contribution in [3.8, 4) is 17.3 Å². The van der Waals surface area contributed by atoms with Crippen molar-refractivity contribution in [1.82, 2.24) is 19.9 Å². The van der Waals surface area contributed by atoms with Crippen molar-refractivity contribution in [2.24, 2.45) is 0 Å². The summed E-state index contributed by atoms with van der Waals surface area (Å²) in [5.41, 5.74) is 2.32. The molecule has 0 saturated carbocycles. The number of anilines is 1. The molecule has 2 heterocycles. The van der Waals surface area contributed by atoms with Crippen LogP contribution in [0.4, 0.5) is 5.82 Å². The van der Waals surface area contributed by atoms with Crippen LogP contribution in [-0.4, -0.2) is 34.1 Å². The first kappa shape index (κ1) is 13.2. The van der Waals surface area contributed by atoms with Crippen LogP contribution in [0.2, 0.25) is 0 Å². The largest absolute Gasteiger partial charge is 0.479 e. The molecule has 6 heteroatoms. The highest BCUT2D eigenvalue weighted by Crippen LogP contribution is 2.29. The van der Waals surface area contributed by atoms with E-state index in [1.807, 2.05) is 20.9 Å². The van der Waals surface area contributed by atoms with Gasteiger partial charge in [0, 0.05) is 31.4 Å². The van der Waals surface area contributed by atoms with Crippen LogP contribution < -0.4 is 10.1 Å². The maximum absolute atomic E-state index is 5.25. The average Bonchev–Trinajstić information content (AvgIpc) is 2.47. The van der Waals surface area contributed by atoms with Crippen LogP contribution in [0.15, 0.2) is 12.4 Å². The zero-order valence-corrected chi connectivity index (χ0v) is 11.6. The van der Waals surface area contributed by atoms with Crippen LogP contribution in [0.3, 0.4) is 0 Å². The summed E-state index contributed by atoms with van der Waals surface area (Å²) in [6.45, 7) is 3.97. The monoisotopic (exact) mass is 259 g/mol. The Morgan fingerprint density at radius 2 is 1.89 bits per heavy atom. The lowest BCUT2D eigenvalue weighted by Gasteiger charge is -2.12. The van der Waals surface area contributed by atoms with E-state index in [0.717, 1.165) is 29.3 Å². The highest BCUT2D eigenvalue weighted by atomic mass is 16.5. The van der Waals surface area contributed by atoms with E-state index in [2.05, 4.69) is 25.3 Å². The van der Waals surface area contributed by atoms with Crippen LogP contribution in [-0.2, 0) is 6.42 Å². The molecule has 0 atom stereocenters. The third kappa shape index (κ3) is 2.47. The molecule has 0 aliphatic rings. The van der Waals surface area contributed by atoms with E-state index < -0.39 is 0 Å². The number of rotatable bonds is 4. The van der Waals surface area contributed by atoms with Crippen molar-refractivity contribution in [2.75, 3.05) is 19.5 Å². The number of aromatic nitrogens is 4. The van der Waals surface area contributed by atoms with Gasteiger partial charge in [-0.1, -0.05) is 6.92 Å². The van der Waals surface area contributed by atoms with Gasteiger partial charge in [0.15, 0.2) is 5.69 Å². The summed E-state index contributed by atoms with van der Waals surface area (Å²) >= 11 is 0. The number of hydrogen-bond donors (Lipinski definition) is 1. The van der Waals surface area contributed by atoms with Gasteiger partial charge in [-0.3, -0.25) is 0 Å². The van der Waals surface area contributed by atoms with E-state index in [1.54, 1.807) is 19.5 Å². The first-order valence-corrected chi connectivity index (χ1v) is 6.11. The second-order valence-corrected chi connectivity index (χ2v) is 3.98. The molecule has 0 saturated heterocycles. The minimum absolute atomic E-state index is 0.466. The maximum atomic E-state index is 5.25. The van der Waals surface area contributed by atoms with Gasteiger partial charge in [0.1, 0.15) is 17.3 Å². The predicted octanol–water partition coefficient (Wildman–Crippen LogP) is 1.85. The summed E-state index contributed by atoms with van der Waals surface area (Å²) in [5, 5.41) is 3.08. The first-order chi connectivity index (χ1) is 9.21. The van der Waals surface area contributed by atoms with Crippen molar-refractivity contribution >= 4 is 5.82 Å². The Morgan fingerprint density at radius 3 is 2.53 bits per heavy atom. The van der Waals surface area contributed by atoms with E-state index in [1.165, 1.54) is 0 Å². The van der Waals surface area contributed by atoms with Crippen LogP contribution >= 0.6 is 0 Å². The third-order valence-electron chi connectivity index (χ3n) is 2.83. The molecule has 19 heavy (non-hydrogen) atoms. The highest BCUT2D eigenvalue weighted by Gasteiger charge is 2.16. The molecule has 0 unspecified atom stereocenters. The van der Waals surface area contributed by atoms with Crippen LogP contribution in [0.5, 0.6) is 5.88 Å². The van der Waals surface area contributed by atoms with Crippen LogP contribution in [0.25, 0.3) is 11.4 Å². The molecule has 0 bridgehead atoms. The molecule has 2 aromatic rings. The Bertz CT molecular complexity index is 585. The van der Waals surface area contributed by atoms with Crippen molar-refractivity contribution in [3.63, 3.8) is 0 Å². The van der Waals surface area contributed by atoms with Crippen molar-refractivity contribution in [1.29, 1.82) is 0 Å². The second-order valence-electron chi connectivity index (χ2n) is 3.98. The van der Waals surface area contributed by atoms with E-state index in [9.17, 15) is 0 Å². The fourth-order valence-corrected chi connectivity index (χ4v) is 1.83. The zero-order valence-electron chi connectivity index (χ0n) is 11.6. The molecule has 0 fully saturated rings. The number of hydrogen-bond acceptors (Lipinski definition) is 6. The minimum atomic E-state index is 0.466. The number of nitrogens with zero attached hydrogens (tertiary/aromatic N) is 4. The number of aryl methyl sites for hydroxylation is 1. The quantitative estimate of drug-likeness (QED) is 0.903. The van der Waals surface area contributed by atoms with Gasteiger partial charge in [0.25, 0.3) is 0 Å². The SMILES string of the molecule is CCc1nc(NC)c(C)c(-c2nccnc2OC)n1. The van der Waals surface area contributed by atoms with Gasteiger partial charge >= 0.3 is 0 Å². The normalized spacial score (nSPS) is 10.3. The van der Waals surface area contributed by atoms with Crippen LogP contribution in [0.1, 0.15) is 18.3 Å². The van der Waals surface area contributed by atoms with Gasteiger partial charge in [-0.05, 0) is 6.92 Å². The summed E-state index contributed by atoms with van der Waals surface area (Å²) in [4.78, 5) is 17.5. The van der Waals surface area contributed by atoms with Crippen molar-refractivity contribution < 1.29 is 4.74 Å². The molecular weight excluding hydrogens is 242 g/mol.